The highest BCUT2D eigenvalue weighted by atomic mass is 16.7. The van der Waals surface area contributed by atoms with Crippen molar-refractivity contribution in [2.75, 3.05) is 13.2 Å². The number of hydrogen-bond donors (Lipinski definition) is 1. The molecule has 0 unspecified atom stereocenters. The van der Waals surface area contributed by atoms with E-state index >= 15 is 0 Å². The van der Waals surface area contributed by atoms with Crippen molar-refractivity contribution in [3.63, 3.8) is 0 Å². The van der Waals surface area contributed by atoms with Crippen molar-refractivity contribution in [2.45, 2.75) is 19.1 Å². The third-order valence-corrected chi connectivity index (χ3v) is 2.53. The van der Waals surface area contributed by atoms with Gasteiger partial charge in [-0.3, -0.25) is 0 Å². The third kappa shape index (κ3) is 1.38. The minimum atomic E-state index is -0.731. The molecule has 1 N–H and O–H groups in total. The van der Waals surface area contributed by atoms with Gasteiger partial charge in [0.25, 0.3) is 0 Å². The minimum Gasteiger partial charge on any atom is -0.507 e. The van der Waals surface area contributed by atoms with Crippen LogP contribution < -0.4 is 0 Å². The lowest BCUT2D eigenvalue weighted by Crippen LogP contribution is -2.25. The average Bonchev–Trinajstić information content (AvgIpc) is 2.68. The van der Waals surface area contributed by atoms with Gasteiger partial charge in [0.2, 0.25) is 0 Å². The minimum absolute atomic E-state index is 0.233. The normalized spacial score (nSPS) is 19.8. The van der Waals surface area contributed by atoms with Crippen LogP contribution in [-0.4, -0.2) is 18.3 Å². The number of ether oxygens (including phenoxy) is 2. The predicted molar refractivity (Wildman–Crippen MR) is 52.0 cm³/mol. The zero-order valence-corrected chi connectivity index (χ0v) is 8.19. The summed E-state index contributed by atoms with van der Waals surface area (Å²) in [5, 5.41) is 9.71. The highest BCUT2D eigenvalue weighted by molar-refractivity contribution is 5.35. The van der Waals surface area contributed by atoms with Gasteiger partial charge >= 0.3 is 0 Å². The van der Waals surface area contributed by atoms with E-state index in [1.807, 2.05) is 19.1 Å². The van der Waals surface area contributed by atoms with E-state index < -0.39 is 5.79 Å². The molecular weight excluding hydrogens is 180 g/mol. The van der Waals surface area contributed by atoms with Gasteiger partial charge < -0.3 is 14.6 Å². The van der Waals surface area contributed by atoms with E-state index in [0.29, 0.717) is 19.6 Å². The van der Waals surface area contributed by atoms with Crippen LogP contribution in [-0.2, 0) is 15.3 Å². The summed E-state index contributed by atoms with van der Waals surface area (Å²) in [5.41, 5.74) is 0.722. The van der Waals surface area contributed by atoms with Crippen LogP contribution in [0.3, 0.4) is 0 Å². The molecule has 0 aliphatic carbocycles. The van der Waals surface area contributed by atoms with Gasteiger partial charge in [0.05, 0.1) is 18.8 Å². The first-order chi connectivity index (χ1) is 6.78. The largest absolute Gasteiger partial charge is 0.507 e. The molecule has 1 saturated heterocycles. The molecule has 2 rings (SSSR count). The molecule has 0 spiro atoms. The number of hydrogen-bond acceptors (Lipinski definition) is 3. The molecule has 1 aromatic carbocycles. The number of benzene rings is 1. The van der Waals surface area contributed by atoms with Crippen molar-refractivity contribution in [1.29, 1.82) is 0 Å². The van der Waals surface area contributed by atoms with Crippen molar-refractivity contribution in [3.05, 3.63) is 29.8 Å². The first-order valence-electron chi connectivity index (χ1n) is 4.85. The number of phenols is 1. The van der Waals surface area contributed by atoms with Crippen LogP contribution in [0.5, 0.6) is 5.75 Å². The summed E-state index contributed by atoms with van der Waals surface area (Å²) in [4.78, 5) is 0. The maximum atomic E-state index is 9.71. The molecule has 1 aromatic rings. The Morgan fingerprint density at radius 1 is 1.29 bits per heavy atom. The SMILES string of the molecule is CCC1(c2ccccc2O)OCCO1. The molecule has 0 aromatic heterocycles. The fraction of sp³-hybridized carbons (Fsp3) is 0.455. The Labute approximate surface area is 83.3 Å². The Morgan fingerprint density at radius 2 is 1.93 bits per heavy atom. The predicted octanol–water partition coefficient (Wildman–Crippen LogP) is 2.00. The summed E-state index contributed by atoms with van der Waals surface area (Å²) in [6.07, 6.45) is 0.699. The number of para-hydroxylation sites is 1. The second kappa shape index (κ2) is 3.59. The molecule has 3 heteroatoms. The molecule has 0 saturated carbocycles. The molecule has 1 aliphatic rings. The number of rotatable bonds is 2. The van der Waals surface area contributed by atoms with Gasteiger partial charge in [-0.25, -0.2) is 0 Å². The highest BCUT2D eigenvalue weighted by Crippen LogP contribution is 2.38. The van der Waals surface area contributed by atoms with Gasteiger partial charge in [0.15, 0.2) is 5.79 Å². The van der Waals surface area contributed by atoms with Crippen LogP contribution >= 0.6 is 0 Å². The van der Waals surface area contributed by atoms with E-state index in [9.17, 15) is 5.11 Å². The molecule has 1 aliphatic heterocycles. The summed E-state index contributed by atoms with van der Waals surface area (Å²) in [6.45, 7) is 3.15. The van der Waals surface area contributed by atoms with E-state index in [2.05, 4.69) is 0 Å². The lowest BCUT2D eigenvalue weighted by molar-refractivity contribution is -0.168. The van der Waals surface area contributed by atoms with Crippen molar-refractivity contribution in [2.24, 2.45) is 0 Å². The lowest BCUT2D eigenvalue weighted by atomic mass is 10.0. The standard InChI is InChI=1S/C11H14O3/c1-2-11(13-7-8-14-11)9-5-3-4-6-10(9)12/h3-6,12H,2,7-8H2,1H3. The molecule has 0 radical (unpaired) electrons. The van der Waals surface area contributed by atoms with Crippen LogP contribution in [0, 0.1) is 0 Å². The maximum Gasteiger partial charge on any atom is 0.198 e. The Hall–Kier alpha value is -1.06. The van der Waals surface area contributed by atoms with Crippen LogP contribution in [0.1, 0.15) is 18.9 Å². The Morgan fingerprint density at radius 3 is 2.50 bits per heavy atom. The molecule has 76 valence electrons. The van der Waals surface area contributed by atoms with E-state index in [1.165, 1.54) is 0 Å². The number of phenolic OH excluding ortho intramolecular Hbond substituents is 1. The molecule has 1 heterocycles. The molecule has 3 nitrogen and oxygen atoms in total. The Balaban J connectivity index is 2.41. The van der Waals surface area contributed by atoms with Gasteiger partial charge in [-0.1, -0.05) is 19.1 Å². The summed E-state index contributed by atoms with van der Waals surface area (Å²) >= 11 is 0. The van der Waals surface area contributed by atoms with Gasteiger partial charge in [-0.05, 0) is 12.1 Å². The first-order valence-corrected chi connectivity index (χ1v) is 4.85. The van der Waals surface area contributed by atoms with Crippen LogP contribution in [0.25, 0.3) is 0 Å². The van der Waals surface area contributed by atoms with Crippen LogP contribution in [0.15, 0.2) is 24.3 Å². The monoisotopic (exact) mass is 194 g/mol. The van der Waals surface area contributed by atoms with Crippen molar-refractivity contribution >= 4 is 0 Å². The Kier molecular flexibility index (Phi) is 2.44. The Bertz CT molecular complexity index is 316. The van der Waals surface area contributed by atoms with Crippen molar-refractivity contribution in [1.82, 2.24) is 0 Å². The van der Waals surface area contributed by atoms with E-state index in [0.717, 1.165) is 5.56 Å². The molecule has 14 heavy (non-hydrogen) atoms. The fourth-order valence-corrected chi connectivity index (χ4v) is 1.80. The van der Waals surface area contributed by atoms with Gasteiger partial charge in [-0.2, -0.15) is 0 Å². The zero-order valence-electron chi connectivity index (χ0n) is 8.19. The fourth-order valence-electron chi connectivity index (χ4n) is 1.80. The van der Waals surface area contributed by atoms with Gasteiger partial charge in [0.1, 0.15) is 5.75 Å². The molecule has 1 fully saturated rings. The quantitative estimate of drug-likeness (QED) is 0.782. The molecule has 0 atom stereocenters. The summed E-state index contributed by atoms with van der Waals surface area (Å²) in [6, 6.07) is 7.15. The van der Waals surface area contributed by atoms with Crippen molar-refractivity contribution < 1.29 is 14.6 Å². The van der Waals surface area contributed by atoms with Gasteiger partial charge in [0, 0.05) is 6.42 Å². The number of aromatic hydroxyl groups is 1. The second-order valence-electron chi connectivity index (χ2n) is 3.32. The lowest BCUT2D eigenvalue weighted by Gasteiger charge is -2.26. The molecule has 0 bridgehead atoms. The maximum absolute atomic E-state index is 9.71. The van der Waals surface area contributed by atoms with Gasteiger partial charge in [-0.15, -0.1) is 0 Å². The van der Waals surface area contributed by atoms with Crippen molar-refractivity contribution in [3.8, 4) is 5.75 Å². The highest BCUT2D eigenvalue weighted by Gasteiger charge is 2.38. The second-order valence-corrected chi connectivity index (χ2v) is 3.32. The summed E-state index contributed by atoms with van der Waals surface area (Å²) in [5.74, 6) is -0.498. The summed E-state index contributed by atoms with van der Waals surface area (Å²) < 4.78 is 11.1. The molecular formula is C11H14O3. The van der Waals surface area contributed by atoms with E-state index in [1.54, 1.807) is 12.1 Å². The third-order valence-electron chi connectivity index (χ3n) is 2.53. The summed E-state index contributed by atoms with van der Waals surface area (Å²) in [7, 11) is 0. The first kappa shape index (κ1) is 9.49. The topological polar surface area (TPSA) is 38.7 Å². The van der Waals surface area contributed by atoms with E-state index in [-0.39, 0.29) is 5.75 Å². The smallest absolute Gasteiger partial charge is 0.198 e. The molecule has 0 amide bonds. The van der Waals surface area contributed by atoms with Crippen LogP contribution in [0.2, 0.25) is 0 Å². The zero-order chi connectivity index (χ0) is 10.0. The average molecular weight is 194 g/mol. The van der Waals surface area contributed by atoms with E-state index in [4.69, 9.17) is 9.47 Å². The van der Waals surface area contributed by atoms with Crippen LogP contribution in [0.4, 0.5) is 0 Å².